The highest BCUT2D eigenvalue weighted by atomic mass is 16.5. The molecular formula is C20H17N5O2. The molecule has 0 bridgehead atoms. The molecule has 0 radical (unpaired) electrons. The molecule has 27 heavy (non-hydrogen) atoms. The first-order chi connectivity index (χ1) is 13.1. The molecule has 2 N–H and O–H groups in total. The van der Waals surface area contributed by atoms with E-state index in [0.717, 1.165) is 28.0 Å². The van der Waals surface area contributed by atoms with Crippen molar-refractivity contribution in [1.29, 1.82) is 0 Å². The third-order valence-electron chi connectivity index (χ3n) is 4.26. The number of anilines is 1. The fourth-order valence-corrected chi connectivity index (χ4v) is 2.90. The largest absolute Gasteiger partial charge is 0.464 e. The Morgan fingerprint density at radius 1 is 1.11 bits per heavy atom. The monoisotopic (exact) mass is 359 g/mol. The second-order valence-corrected chi connectivity index (χ2v) is 6.09. The zero-order chi connectivity index (χ0) is 19.0. The molecular weight excluding hydrogens is 342 g/mol. The second kappa shape index (κ2) is 6.53. The molecule has 0 atom stereocenters. The summed E-state index contributed by atoms with van der Waals surface area (Å²) < 4.78 is 6.53. The summed E-state index contributed by atoms with van der Waals surface area (Å²) in [6.07, 6.45) is 1.79. The van der Waals surface area contributed by atoms with Crippen molar-refractivity contribution in [3.8, 4) is 17.1 Å². The minimum absolute atomic E-state index is 0.101. The smallest absolute Gasteiger partial charge is 0.358 e. The highest BCUT2D eigenvalue weighted by Crippen LogP contribution is 2.26. The van der Waals surface area contributed by atoms with E-state index >= 15 is 0 Å². The standard InChI is InChI=1S/C20H17N5O2/c1-12-4-3-5-18(23-12)25-17-10-13(6-7-14(17)11-22-25)16-9-8-15(21)19(24-16)20(26)27-2/h3-11H,21H2,1-2H3. The first-order valence-corrected chi connectivity index (χ1v) is 8.34. The number of aromatic nitrogens is 4. The molecule has 4 aromatic rings. The van der Waals surface area contributed by atoms with Crippen molar-refractivity contribution in [1.82, 2.24) is 19.7 Å². The number of carbonyl (C=O) groups excluding carboxylic acids is 1. The summed E-state index contributed by atoms with van der Waals surface area (Å²) >= 11 is 0. The lowest BCUT2D eigenvalue weighted by molar-refractivity contribution is 0.0595. The van der Waals surface area contributed by atoms with Crippen LogP contribution in [0.1, 0.15) is 16.2 Å². The van der Waals surface area contributed by atoms with Gasteiger partial charge in [0.05, 0.1) is 30.2 Å². The van der Waals surface area contributed by atoms with E-state index in [4.69, 9.17) is 10.5 Å². The van der Waals surface area contributed by atoms with E-state index in [0.29, 0.717) is 5.69 Å². The average Bonchev–Trinajstić information content (AvgIpc) is 3.11. The van der Waals surface area contributed by atoms with Gasteiger partial charge in [-0.05, 0) is 37.3 Å². The summed E-state index contributed by atoms with van der Waals surface area (Å²) in [7, 11) is 1.30. The summed E-state index contributed by atoms with van der Waals surface area (Å²) in [5, 5.41) is 5.43. The van der Waals surface area contributed by atoms with Gasteiger partial charge in [0.25, 0.3) is 0 Å². The van der Waals surface area contributed by atoms with Crippen LogP contribution in [0.3, 0.4) is 0 Å². The van der Waals surface area contributed by atoms with Crippen molar-refractivity contribution in [2.75, 3.05) is 12.8 Å². The summed E-state index contributed by atoms with van der Waals surface area (Å²) in [6, 6.07) is 15.1. The Balaban J connectivity index is 1.85. The van der Waals surface area contributed by atoms with Crippen LogP contribution in [-0.2, 0) is 4.74 Å². The Kier molecular flexibility index (Phi) is 4.04. The molecule has 1 aromatic carbocycles. The number of benzene rings is 1. The summed E-state index contributed by atoms with van der Waals surface area (Å²) in [5.41, 5.74) is 9.49. The van der Waals surface area contributed by atoms with E-state index < -0.39 is 5.97 Å². The minimum atomic E-state index is -0.565. The van der Waals surface area contributed by atoms with Gasteiger partial charge in [0, 0.05) is 16.6 Å². The number of esters is 1. The summed E-state index contributed by atoms with van der Waals surface area (Å²) in [6.45, 7) is 1.94. The fraction of sp³-hybridized carbons (Fsp3) is 0.100. The van der Waals surface area contributed by atoms with Gasteiger partial charge in [-0.2, -0.15) is 5.10 Å². The maximum Gasteiger partial charge on any atom is 0.358 e. The van der Waals surface area contributed by atoms with Crippen LogP contribution in [0.2, 0.25) is 0 Å². The molecule has 0 saturated carbocycles. The molecule has 7 heteroatoms. The zero-order valence-electron chi connectivity index (χ0n) is 14.9. The van der Waals surface area contributed by atoms with Gasteiger partial charge in [-0.15, -0.1) is 0 Å². The van der Waals surface area contributed by atoms with Crippen LogP contribution in [0.5, 0.6) is 0 Å². The molecule has 134 valence electrons. The van der Waals surface area contributed by atoms with E-state index in [1.807, 2.05) is 43.3 Å². The molecule has 0 aliphatic heterocycles. The lowest BCUT2D eigenvalue weighted by Gasteiger charge is -2.08. The molecule has 0 fully saturated rings. The number of methoxy groups -OCH3 is 1. The predicted octanol–water partition coefficient (Wildman–Crippen LogP) is 3.16. The van der Waals surface area contributed by atoms with Gasteiger partial charge >= 0.3 is 5.97 Å². The molecule has 0 aliphatic carbocycles. The minimum Gasteiger partial charge on any atom is -0.464 e. The van der Waals surface area contributed by atoms with Gasteiger partial charge in [0.1, 0.15) is 0 Å². The number of fused-ring (bicyclic) bond motifs is 1. The number of carbonyl (C=O) groups is 1. The number of pyridine rings is 2. The van der Waals surface area contributed by atoms with E-state index in [1.54, 1.807) is 23.0 Å². The number of ether oxygens (including phenoxy) is 1. The van der Waals surface area contributed by atoms with Crippen LogP contribution in [0, 0.1) is 6.92 Å². The first kappa shape index (κ1) is 16.7. The molecule has 0 saturated heterocycles. The third kappa shape index (κ3) is 2.99. The van der Waals surface area contributed by atoms with Crippen molar-refractivity contribution in [3.63, 3.8) is 0 Å². The van der Waals surface area contributed by atoms with E-state index in [-0.39, 0.29) is 11.4 Å². The average molecular weight is 359 g/mol. The molecule has 0 spiro atoms. The Morgan fingerprint density at radius 3 is 2.74 bits per heavy atom. The van der Waals surface area contributed by atoms with Gasteiger partial charge in [-0.3, -0.25) is 0 Å². The normalized spacial score (nSPS) is 10.9. The Morgan fingerprint density at radius 2 is 1.96 bits per heavy atom. The maximum absolute atomic E-state index is 11.9. The van der Waals surface area contributed by atoms with Crippen LogP contribution in [0.25, 0.3) is 28.0 Å². The zero-order valence-corrected chi connectivity index (χ0v) is 14.9. The molecule has 4 rings (SSSR count). The number of hydrogen-bond donors (Lipinski definition) is 1. The van der Waals surface area contributed by atoms with Gasteiger partial charge in [-0.25, -0.2) is 19.4 Å². The number of nitrogens with zero attached hydrogens (tertiary/aromatic N) is 4. The number of nitrogen functional groups attached to an aromatic ring is 1. The van der Waals surface area contributed by atoms with Crippen LogP contribution >= 0.6 is 0 Å². The quantitative estimate of drug-likeness (QED) is 0.565. The van der Waals surface area contributed by atoms with Crippen LogP contribution < -0.4 is 5.73 Å². The lowest BCUT2D eigenvalue weighted by atomic mass is 10.1. The van der Waals surface area contributed by atoms with Crippen LogP contribution in [0.4, 0.5) is 5.69 Å². The van der Waals surface area contributed by atoms with E-state index in [1.165, 1.54) is 7.11 Å². The Labute approximate surface area is 155 Å². The second-order valence-electron chi connectivity index (χ2n) is 6.09. The first-order valence-electron chi connectivity index (χ1n) is 8.34. The molecule has 7 nitrogen and oxygen atoms in total. The van der Waals surface area contributed by atoms with Gasteiger partial charge < -0.3 is 10.5 Å². The van der Waals surface area contributed by atoms with Crippen LogP contribution in [0.15, 0.2) is 54.7 Å². The van der Waals surface area contributed by atoms with Gasteiger partial charge in [-0.1, -0.05) is 18.2 Å². The molecule has 3 heterocycles. The fourth-order valence-electron chi connectivity index (χ4n) is 2.90. The van der Waals surface area contributed by atoms with Gasteiger partial charge in [0.2, 0.25) is 0 Å². The number of nitrogens with two attached hydrogens (primary N) is 1. The Bertz CT molecular complexity index is 1170. The van der Waals surface area contributed by atoms with E-state index in [2.05, 4.69) is 15.1 Å². The van der Waals surface area contributed by atoms with Crippen molar-refractivity contribution >= 4 is 22.6 Å². The number of hydrogen-bond acceptors (Lipinski definition) is 6. The number of rotatable bonds is 3. The van der Waals surface area contributed by atoms with Crippen molar-refractivity contribution < 1.29 is 9.53 Å². The van der Waals surface area contributed by atoms with Crippen molar-refractivity contribution in [2.24, 2.45) is 0 Å². The van der Waals surface area contributed by atoms with E-state index in [9.17, 15) is 4.79 Å². The van der Waals surface area contributed by atoms with Crippen molar-refractivity contribution in [3.05, 3.63) is 66.1 Å². The maximum atomic E-state index is 11.9. The Hall–Kier alpha value is -3.74. The third-order valence-corrected chi connectivity index (χ3v) is 4.26. The highest BCUT2D eigenvalue weighted by molar-refractivity contribution is 5.94. The van der Waals surface area contributed by atoms with Crippen LogP contribution in [-0.4, -0.2) is 32.8 Å². The highest BCUT2D eigenvalue weighted by Gasteiger charge is 2.14. The SMILES string of the molecule is COC(=O)c1nc(-c2ccc3cnn(-c4cccc(C)n4)c3c2)ccc1N. The summed E-state index contributed by atoms with van der Waals surface area (Å²) in [5.74, 6) is 0.173. The predicted molar refractivity (Wildman–Crippen MR) is 103 cm³/mol. The summed E-state index contributed by atoms with van der Waals surface area (Å²) in [4.78, 5) is 20.8. The number of aryl methyl sites for hydroxylation is 1. The van der Waals surface area contributed by atoms with Gasteiger partial charge in [0.15, 0.2) is 11.5 Å². The van der Waals surface area contributed by atoms with Crippen molar-refractivity contribution in [2.45, 2.75) is 6.92 Å². The molecule has 0 aliphatic rings. The molecule has 0 amide bonds. The topological polar surface area (TPSA) is 95.9 Å². The lowest BCUT2D eigenvalue weighted by Crippen LogP contribution is -2.09. The molecule has 0 unspecified atom stereocenters. The molecule has 3 aromatic heterocycles.